The fraction of sp³-hybridized carbons (Fsp3) is 0.364. The average Bonchev–Trinajstić information content (AvgIpc) is 2.44. The molecule has 15 heavy (non-hydrogen) atoms. The SMILES string of the molecule is CN1CC(O)C(c2ccc(I)cc2)C1=O. The molecule has 1 saturated heterocycles. The maximum absolute atomic E-state index is 11.8. The van der Waals surface area contributed by atoms with Gasteiger partial charge in [0.1, 0.15) is 0 Å². The fourth-order valence-corrected chi connectivity index (χ4v) is 2.27. The van der Waals surface area contributed by atoms with E-state index in [2.05, 4.69) is 22.6 Å². The summed E-state index contributed by atoms with van der Waals surface area (Å²) in [6.07, 6.45) is -0.581. The minimum Gasteiger partial charge on any atom is -0.390 e. The van der Waals surface area contributed by atoms with E-state index in [-0.39, 0.29) is 11.8 Å². The van der Waals surface area contributed by atoms with E-state index in [1.807, 2.05) is 24.3 Å². The topological polar surface area (TPSA) is 40.5 Å². The van der Waals surface area contributed by atoms with Crippen LogP contribution in [0.4, 0.5) is 0 Å². The van der Waals surface area contributed by atoms with E-state index < -0.39 is 6.10 Å². The molecule has 1 amide bonds. The van der Waals surface area contributed by atoms with Gasteiger partial charge in [0.15, 0.2) is 0 Å². The normalized spacial score (nSPS) is 26.1. The summed E-state index contributed by atoms with van der Waals surface area (Å²) in [5.74, 6) is -0.379. The van der Waals surface area contributed by atoms with Crippen molar-refractivity contribution in [2.75, 3.05) is 13.6 Å². The predicted octanol–water partition coefficient (Wildman–Crippen LogP) is 1.21. The monoisotopic (exact) mass is 317 g/mol. The average molecular weight is 317 g/mol. The van der Waals surface area contributed by atoms with Crippen LogP contribution < -0.4 is 0 Å². The highest BCUT2D eigenvalue weighted by atomic mass is 127. The van der Waals surface area contributed by atoms with Crippen molar-refractivity contribution in [2.24, 2.45) is 0 Å². The Balaban J connectivity index is 2.31. The Hall–Kier alpha value is -0.620. The smallest absolute Gasteiger partial charge is 0.232 e. The number of benzene rings is 1. The molecule has 0 spiro atoms. The van der Waals surface area contributed by atoms with Gasteiger partial charge in [-0.05, 0) is 40.3 Å². The fourth-order valence-electron chi connectivity index (χ4n) is 1.91. The van der Waals surface area contributed by atoms with Gasteiger partial charge in [-0.25, -0.2) is 0 Å². The molecule has 1 aliphatic rings. The Labute approximate surface area is 102 Å². The molecule has 0 saturated carbocycles. The van der Waals surface area contributed by atoms with E-state index in [0.29, 0.717) is 6.54 Å². The summed E-state index contributed by atoms with van der Waals surface area (Å²) in [7, 11) is 1.72. The first-order valence-corrected chi connectivity index (χ1v) is 5.86. The molecule has 1 fully saturated rings. The molecule has 2 unspecified atom stereocenters. The molecular weight excluding hydrogens is 305 g/mol. The summed E-state index contributed by atoms with van der Waals surface area (Å²) < 4.78 is 1.13. The minimum absolute atomic E-state index is 0.00343. The first kappa shape index (κ1) is 10.9. The molecule has 3 nitrogen and oxygen atoms in total. The van der Waals surface area contributed by atoms with Crippen molar-refractivity contribution in [1.82, 2.24) is 4.90 Å². The van der Waals surface area contributed by atoms with Crippen molar-refractivity contribution in [3.8, 4) is 0 Å². The number of hydrogen-bond donors (Lipinski definition) is 1. The van der Waals surface area contributed by atoms with E-state index in [0.717, 1.165) is 9.13 Å². The Kier molecular flexibility index (Phi) is 2.97. The van der Waals surface area contributed by atoms with Crippen LogP contribution in [0.25, 0.3) is 0 Å². The number of carbonyl (C=O) groups is 1. The number of β-amino-alcohol motifs (C(OH)–C–C–N with tert-alkyl or cyclic N) is 1. The molecule has 4 heteroatoms. The van der Waals surface area contributed by atoms with Gasteiger partial charge < -0.3 is 10.0 Å². The van der Waals surface area contributed by atoms with Crippen molar-refractivity contribution in [3.63, 3.8) is 0 Å². The number of carbonyl (C=O) groups excluding carboxylic acids is 1. The summed E-state index contributed by atoms with van der Waals surface area (Å²) >= 11 is 2.22. The molecule has 0 bridgehead atoms. The summed E-state index contributed by atoms with van der Waals surface area (Å²) in [6, 6.07) is 7.72. The van der Waals surface area contributed by atoms with Crippen LogP contribution in [0.2, 0.25) is 0 Å². The van der Waals surface area contributed by atoms with E-state index in [4.69, 9.17) is 0 Å². The Morgan fingerprint density at radius 3 is 2.47 bits per heavy atom. The first-order valence-electron chi connectivity index (χ1n) is 4.78. The molecule has 1 N–H and O–H groups in total. The zero-order valence-electron chi connectivity index (χ0n) is 8.35. The second-order valence-corrected chi connectivity index (χ2v) is 5.06. The van der Waals surface area contributed by atoms with Gasteiger partial charge in [0, 0.05) is 17.2 Å². The second kappa shape index (κ2) is 4.09. The number of nitrogens with zero attached hydrogens (tertiary/aromatic N) is 1. The number of hydrogen-bond acceptors (Lipinski definition) is 2. The lowest BCUT2D eigenvalue weighted by atomic mass is 9.96. The zero-order valence-corrected chi connectivity index (χ0v) is 10.5. The maximum atomic E-state index is 11.8. The highest BCUT2D eigenvalue weighted by Gasteiger charge is 2.38. The lowest BCUT2D eigenvalue weighted by molar-refractivity contribution is -0.128. The third kappa shape index (κ3) is 2.01. The summed E-state index contributed by atoms with van der Waals surface area (Å²) in [4.78, 5) is 13.3. The van der Waals surface area contributed by atoms with Crippen LogP contribution in [0.1, 0.15) is 11.5 Å². The van der Waals surface area contributed by atoms with Crippen LogP contribution in [-0.4, -0.2) is 35.6 Å². The summed E-state index contributed by atoms with van der Waals surface area (Å²) in [5.41, 5.74) is 0.900. The molecule has 2 atom stereocenters. The predicted molar refractivity (Wildman–Crippen MR) is 65.5 cm³/mol. The Morgan fingerprint density at radius 1 is 1.40 bits per heavy atom. The lowest BCUT2D eigenvalue weighted by Crippen LogP contribution is -2.21. The number of halogens is 1. The quantitative estimate of drug-likeness (QED) is 0.791. The second-order valence-electron chi connectivity index (χ2n) is 3.82. The van der Waals surface area contributed by atoms with Crippen LogP contribution in [-0.2, 0) is 4.79 Å². The van der Waals surface area contributed by atoms with Crippen molar-refractivity contribution in [2.45, 2.75) is 12.0 Å². The maximum Gasteiger partial charge on any atom is 0.232 e. The van der Waals surface area contributed by atoms with E-state index in [9.17, 15) is 9.90 Å². The summed E-state index contributed by atoms with van der Waals surface area (Å²) in [6.45, 7) is 0.426. The van der Waals surface area contributed by atoms with Crippen LogP contribution in [0.3, 0.4) is 0 Å². The van der Waals surface area contributed by atoms with Crippen molar-refractivity contribution >= 4 is 28.5 Å². The highest BCUT2D eigenvalue weighted by molar-refractivity contribution is 14.1. The molecule has 80 valence electrons. The number of rotatable bonds is 1. The Morgan fingerprint density at radius 2 is 2.00 bits per heavy atom. The van der Waals surface area contributed by atoms with Gasteiger partial charge in [-0.3, -0.25) is 4.79 Å². The molecular formula is C11H12INO2. The number of aliphatic hydroxyl groups excluding tert-OH is 1. The van der Waals surface area contributed by atoms with Crippen LogP contribution in [0.5, 0.6) is 0 Å². The minimum atomic E-state index is -0.581. The molecule has 0 radical (unpaired) electrons. The van der Waals surface area contributed by atoms with Crippen LogP contribution in [0, 0.1) is 3.57 Å². The van der Waals surface area contributed by atoms with Crippen LogP contribution >= 0.6 is 22.6 Å². The molecule has 1 aliphatic heterocycles. The van der Waals surface area contributed by atoms with Gasteiger partial charge in [-0.15, -0.1) is 0 Å². The van der Waals surface area contributed by atoms with Gasteiger partial charge in [0.05, 0.1) is 12.0 Å². The number of likely N-dealkylation sites (N-methyl/N-ethyl adjacent to an activating group) is 1. The van der Waals surface area contributed by atoms with Gasteiger partial charge >= 0.3 is 0 Å². The number of amides is 1. The number of aliphatic hydroxyl groups is 1. The first-order chi connectivity index (χ1) is 7.09. The van der Waals surface area contributed by atoms with Gasteiger partial charge in [0.25, 0.3) is 0 Å². The molecule has 1 heterocycles. The third-order valence-electron chi connectivity index (χ3n) is 2.72. The van der Waals surface area contributed by atoms with Gasteiger partial charge in [0.2, 0.25) is 5.91 Å². The molecule has 1 aromatic rings. The Bertz CT molecular complexity index is 377. The van der Waals surface area contributed by atoms with Gasteiger partial charge in [-0.1, -0.05) is 12.1 Å². The summed E-state index contributed by atoms with van der Waals surface area (Å²) in [5, 5.41) is 9.79. The largest absolute Gasteiger partial charge is 0.390 e. The van der Waals surface area contributed by atoms with E-state index in [1.54, 1.807) is 11.9 Å². The van der Waals surface area contributed by atoms with E-state index >= 15 is 0 Å². The molecule has 0 aliphatic carbocycles. The highest BCUT2D eigenvalue weighted by Crippen LogP contribution is 2.28. The van der Waals surface area contributed by atoms with Crippen LogP contribution in [0.15, 0.2) is 24.3 Å². The third-order valence-corrected chi connectivity index (χ3v) is 3.44. The molecule has 1 aromatic carbocycles. The molecule has 0 aromatic heterocycles. The van der Waals surface area contributed by atoms with Crippen molar-refractivity contribution in [1.29, 1.82) is 0 Å². The number of likely N-dealkylation sites (tertiary alicyclic amines) is 1. The lowest BCUT2D eigenvalue weighted by Gasteiger charge is -2.12. The van der Waals surface area contributed by atoms with Gasteiger partial charge in [-0.2, -0.15) is 0 Å². The standard InChI is InChI=1S/C11H12INO2/c1-13-6-9(14)10(11(13)15)7-2-4-8(12)5-3-7/h2-5,9-10,14H,6H2,1H3. The van der Waals surface area contributed by atoms with Crippen molar-refractivity contribution in [3.05, 3.63) is 33.4 Å². The zero-order chi connectivity index (χ0) is 11.0. The molecule has 2 rings (SSSR count). The van der Waals surface area contributed by atoms with Crippen molar-refractivity contribution < 1.29 is 9.90 Å². The van der Waals surface area contributed by atoms with E-state index in [1.165, 1.54) is 0 Å².